The summed E-state index contributed by atoms with van der Waals surface area (Å²) < 4.78 is 20.3. The Balaban J connectivity index is 1.94. The number of carboxylic acids is 1. The summed E-state index contributed by atoms with van der Waals surface area (Å²) in [6.07, 6.45) is 1.36. The van der Waals surface area contributed by atoms with Crippen LogP contribution in [-0.2, 0) is 4.79 Å². The van der Waals surface area contributed by atoms with Crippen molar-refractivity contribution in [2.75, 3.05) is 11.9 Å². The van der Waals surface area contributed by atoms with Gasteiger partial charge in [0.25, 0.3) is 5.91 Å². The van der Waals surface area contributed by atoms with Crippen LogP contribution in [0.5, 0.6) is 5.75 Å². The fourth-order valence-corrected chi connectivity index (χ4v) is 2.70. The van der Waals surface area contributed by atoms with E-state index in [2.05, 4.69) is 10.4 Å². The zero-order chi connectivity index (χ0) is 21.8. The number of benzene rings is 2. The number of urea groups is 1. The molecule has 3 aromatic rings. The largest absolute Gasteiger partial charge is 0.481 e. The molecule has 0 unspecified atom stereocenters. The number of ether oxygens (including phenoxy) is 1. The number of nitrogens with two attached hydrogens (primary N) is 2. The summed E-state index contributed by atoms with van der Waals surface area (Å²) in [5.41, 5.74) is 11.6. The maximum absolute atomic E-state index is 13.7. The summed E-state index contributed by atoms with van der Waals surface area (Å²) in [6.45, 7) is -0.574. The van der Waals surface area contributed by atoms with E-state index >= 15 is 0 Å². The van der Waals surface area contributed by atoms with Gasteiger partial charge in [0.1, 0.15) is 11.6 Å². The molecule has 0 radical (unpaired) electrons. The monoisotopic (exact) mass is 413 g/mol. The van der Waals surface area contributed by atoms with E-state index in [1.165, 1.54) is 23.0 Å². The Kier molecular flexibility index (Phi) is 5.63. The molecule has 1 heterocycles. The van der Waals surface area contributed by atoms with Crippen LogP contribution in [0, 0.1) is 5.82 Å². The average molecular weight is 413 g/mol. The van der Waals surface area contributed by atoms with Gasteiger partial charge in [0.05, 0.1) is 17.6 Å². The lowest BCUT2D eigenvalue weighted by molar-refractivity contribution is -0.139. The quantitative estimate of drug-likeness (QED) is 0.461. The van der Waals surface area contributed by atoms with Gasteiger partial charge in [-0.15, -0.1) is 0 Å². The average Bonchev–Trinajstić information content (AvgIpc) is 3.10. The molecule has 0 bridgehead atoms. The predicted molar refractivity (Wildman–Crippen MR) is 104 cm³/mol. The van der Waals surface area contributed by atoms with Gasteiger partial charge in [-0.05, 0) is 35.9 Å². The Morgan fingerprint density at radius 2 is 1.83 bits per heavy atom. The van der Waals surface area contributed by atoms with Crippen LogP contribution in [0.25, 0.3) is 16.8 Å². The Morgan fingerprint density at radius 1 is 1.13 bits per heavy atom. The summed E-state index contributed by atoms with van der Waals surface area (Å²) in [7, 11) is 0. The van der Waals surface area contributed by atoms with E-state index in [0.717, 1.165) is 6.07 Å². The molecule has 0 spiro atoms. The van der Waals surface area contributed by atoms with Gasteiger partial charge in [-0.1, -0.05) is 12.1 Å². The molecule has 3 amide bonds. The second kappa shape index (κ2) is 8.31. The molecule has 30 heavy (non-hydrogen) atoms. The van der Waals surface area contributed by atoms with Gasteiger partial charge in [-0.2, -0.15) is 5.10 Å². The lowest BCUT2D eigenvalue weighted by Crippen LogP contribution is -2.22. The van der Waals surface area contributed by atoms with Gasteiger partial charge in [-0.25, -0.2) is 18.7 Å². The number of hydrogen-bond donors (Lipinski definition) is 4. The number of carbonyl (C=O) groups is 3. The first-order valence-electron chi connectivity index (χ1n) is 8.45. The smallest absolute Gasteiger partial charge is 0.341 e. The number of halogens is 1. The molecule has 1 aromatic heterocycles. The number of aliphatic carboxylic acids is 1. The molecule has 0 saturated heterocycles. The Morgan fingerprint density at radius 3 is 2.43 bits per heavy atom. The van der Waals surface area contributed by atoms with Crippen LogP contribution in [-0.4, -0.2) is 39.4 Å². The molecular weight excluding hydrogens is 397 g/mol. The summed E-state index contributed by atoms with van der Waals surface area (Å²) in [4.78, 5) is 33.4. The first-order chi connectivity index (χ1) is 14.2. The van der Waals surface area contributed by atoms with Crippen molar-refractivity contribution in [1.82, 2.24) is 9.78 Å². The van der Waals surface area contributed by atoms with E-state index in [1.54, 1.807) is 24.3 Å². The van der Waals surface area contributed by atoms with Crippen molar-refractivity contribution in [1.29, 1.82) is 0 Å². The SMILES string of the molecule is NC(=O)Nc1cn(-c2ccc(-c3cc(F)ccc3OCC(=O)O)cc2)nc1C(N)=O. The zero-order valence-corrected chi connectivity index (χ0v) is 15.3. The minimum atomic E-state index is -1.16. The van der Waals surface area contributed by atoms with Crippen LogP contribution in [0.3, 0.4) is 0 Å². The van der Waals surface area contributed by atoms with Gasteiger partial charge < -0.3 is 26.6 Å². The van der Waals surface area contributed by atoms with Crippen LogP contribution < -0.4 is 21.5 Å². The third kappa shape index (κ3) is 4.52. The van der Waals surface area contributed by atoms with Gasteiger partial charge in [0.2, 0.25) is 0 Å². The van der Waals surface area contributed by atoms with Crippen LogP contribution >= 0.6 is 0 Å². The predicted octanol–water partition coefficient (Wildman–Crippen LogP) is 1.73. The number of nitrogens with zero attached hydrogens (tertiary/aromatic N) is 2. The molecule has 0 fully saturated rings. The Hall–Kier alpha value is -4.41. The minimum absolute atomic E-state index is 0.0496. The van der Waals surface area contributed by atoms with Crippen LogP contribution in [0.2, 0.25) is 0 Å². The number of rotatable bonds is 7. The lowest BCUT2D eigenvalue weighted by atomic mass is 10.0. The highest BCUT2D eigenvalue weighted by atomic mass is 19.1. The fourth-order valence-electron chi connectivity index (χ4n) is 2.70. The molecule has 3 rings (SSSR count). The summed E-state index contributed by atoms with van der Waals surface area (Å²) in [5, 5.41) is 15.1. The molecule has 0 aliphatic carbocycles. The molecule has 11 heteroatoms. The maximum atomic E-state index is 13.7. The first kappa shape index (κ1) is 20.3. The van der Waals surface area contributed by atoms with E-state index in [1.807, 2.05) is 0 Å². The van der Waals surface area contributed by atoms with Crippen LogP contribution in [0.4, 0.5) is 14.9 Å². The van der Waals surface area contributed by atoms with Crippen molar-refractivity contribution in [3.63, 3.8) is 0 Å². The van der Waals surface area contributed by atoms with E-state index in [4.69, 9.17) is 21.3 Å². The highest BCUT2D eigenvalue weighted by Gasteiger charge is 2.16. The first-order valence-corrected chi connectivity index (χ1v) is 8.45. The van der Waals surface area contributed by atoms with E-state index in [-0.39, 0.29) is 17.1 Å². The molecule has 0 aliphatic heterocycles. The summed E-state index contributed by atoms with van der Waals surface area (Å²) in [6, 6.07) is 9.34. The normalized spacial score (nSPS) is 10.4. The van der Waals surface area contributed by atoms with Crippen molar-refractivity contribution >= 4 is 23.6 Å². The number of amides is 3. The van der Waals surface area contributed by atoms with E-state index in [9.17, 15) is 18.8 Å². The number of hydrogen-bond acceptors (Lipinski definition) is 5. The second-order valence-corrected chi connectivity index (χ2v) is 6.06. The van der Waals surface area contributed by atoms with Crippen molar-refractivity contribution in [3.8, 4) is 22.6 Å². The number of carbonyl (C=O) groups excluding carboxylic acids is 2. The Bertz CT molecular complexity index is 1130. The molecule has 0 atom stereocenters. The van der Waals surface area contributed by atoms with E-state index in [0.29, 0.717) is 16.8 Å². The molecule has 0 saturated carbocycles. The minimum Gasteiger partial charge on any atom is -0.481 e. The fraction of sp³-hybridized carbons (Fsp3) is 0.0526. The summed E-state index contributed by atoms with van der Waals surface area (Å²) in [5.74, 6) is -2.33. The Labute approximate surface area is 168 Å². The molecule has 10 nitrogen and oxygen atoms in total. The molecular formula is C19H16FN5O5. The van der Waals surface area contributed by atoms with E-state index < -0.39 is 30.3 Å². The van der Waals surface area contributed by atoms with Gasteiger partial charge >= 0.3 is 12.0 Å². The number of carboxylic acid groups (broad SMARTS) is 1. The maximum Gasteiger partial charge on any atom is 0.341 e. The highest BCUT2D eigenvalue weighted by Crippen LogP contribution is 2.31. The van der Waals surface area contributed by atoms with Crippen molar-refractivity contribution in [2.24, 2.45) is 11.5 Å². The second-order valence-electron chi connectivity index (χ2n) is 6.06. The standard InChI is InChI=1S/C19H16FN5O5/c20-11-3-6-15(30-9-16(26)27)13(7-11)10-1-4-12(5-2-10)25-8-14(23-19(22)29)17(24-25)18(21)28/h1-8H,9H2,(H2,21,28)(H,26,27)(H3,22,23,29). The topological polar surface area (TPSA) is 163 Å². The number of anilines is 1. The highest BCUT2D eigenvalue weighted by molar-refractivity contribution is 6.00. The van der Waals surface area contributed by atoms with Crippen molar-refractivity contribution < 1.29 is 28.6 Å². The van der Waals surface area contributed by atoms with Gasteiger partial charge in [-0.3, -0.25) is 4.79 Å². The summed E-state index contributed by atoms with van der Waals surface area (Å²) >= 11 is 0. The van der Waals surface area contributed by atoms with Crippen LogP contribution in [0.1, 0.15) is 10.5 Å². The molecule has 2 aromatic carbocycles. The lowest BCUT2D eigenvalue weighted by Gasteiger charge is -2.11. The van der Waals surface area contributed by atoms with Gasteiger partial charge in [0.15, 0.2) is 12.3 Å². The number of primary amides is 2. The zero-order valence-electron chi connectivity index (χ0n) is 15.3. The molecule has 154 valence electrons. The third-order valence-corrected chi connectivity index (χ3v) is 3.94. The number of aromatic nitrogens is 2. The van der Waals surface area contributed by atoms with Crippen molar-refractivity contribution in [2.45, 2.75) is 0 Å². The molecule has 6 N–H and O–H groups in total. The van der Waals surface area contributed by atoms with Crippen molar-refractivity contribution in [3.05, 3.63) is 60.2 Å². The number of nitrogens with one attached hydrogen (secondary N) is 1. The van der Waals surface area contributed by atoms with Gasteiger partial charge in [0, 0.05) is 5.56 Å². The third-order valence-electron chi connectivity index (χ3n) is 3.94. The van der Waals surface area contributed by atoms with Crippen LogP contribution in [0.15, 0.2) is 48.7 Å². The molecule has 0 aliphatic rings.